The Morgan fingerprint density at radius 2 is 1.97 bits per heavy atom. The number of carbonyl (C=O) groups is 3. The number of rotatable bonds is 7. The number of pyridine rings is 1. The second-order valence-electron chi connectivity index (χ2n) is 7.13. The van der Waals surface area contributed by atoms with E-state index in [-0.39, 0.29) is 23.1 Å². The number of hydroxylamine groups is 1. The normalized spacial score (nSPS) is 18.8. The van der Waals surface area contributed by atoms with Crippen LogP contribution in [0.3, 0.4) is 0 Å². The molecule has 0 radical (unpaired) electrons. The zero-order chi connectivity index (χ0) is 22.5. The molecule has 0 aliphatic carbocycles. The highest BCUT2D eigenvalue weighted by molar-refractivity contribution is 6.47. The Morgan fingerprint density at radius 3 is 2.58 bits per heavy atom. The van der Waals surface area contributed by atoms with Crippen molar-refractivity contribution in [2.45, 2.75) is 38.3 Å². The maximum Gasteiger partial charge on any atom is 0.296 e. The number of nitrogens with one attached hydrogen (secondary N) is 1. The number of likely N-dealkylation sites (tertiary alicyclic amines) is 1. The Labute approximate surface area is 178 Å². The number of ketones is 1. The lowest BCUT2D eigenvalue weighted by Crippen LogP contribution is -2.48. The molecule has 0 bridgehead atoms. The Balaban J connectivity index is 2.23. The minimum atomic E-state index is -1.22. The van der Waals surface area contributed by atoms with E-state index in [2.05, 4.69) is 4.98 Å². The van der Waals surface area contributed by atoms with E-state index >= 15 is 0 Å². The van der Waals surface area contributed by atoms with Crippen molar-refractivity contribution in [3.05, 3.63) is 71.3 Å². The van der Waals surface area contributed by atoms with E-state index in [1.54, 1.807) is 5.48 Å². The molecule has 2 atom stereocenters. The quantitative estimate of drug-likeness (QED) is 0.205. The van der Waals surface area contributed by atoms with Gasteiger partial charge in [0.05, 0.1) is 11.6 Å². The molecule has 2 amide bonds. The van der Waals surface area contributed by atoms with Crippen LogP contribution in [0.5, 0.6) is 0 Å². The van der Waals surface area contributed by atoms with Gasteiger partial charge in [0.25, 0.3) is 17.6 Å². The number of carbonyl (C=O) groups excluding carboxylic acids is 3. The second kappa shape index (κ2) is 9.48. The van der Waals surface area contributed by atoms with Crippen LogP contribution in [0.4, 0.5) is 4.39 Å². The lowest BCUT2D eigenvalue weighted by atomic mass is 9.94. The van der Waals surface area contributed by atoms with E-state index in [1.807, 2.05) is 6.92 Å². The molecular formula is C22H22FN3O5. The third kappa shape index (κ3) is 4.31. The highest BCUT2D eigenvalue weighted by Crippen LogP contribution is 2.41. The molecule has 3 N–H and O–H groups in total. The van der Waals surface area contributed by atoms with Gasteiger partial charge in [-0.25, -0.2) is 9.87 Å². The highest BCUT2D eigenvalue weighted by Gasteiger charge is 2.50. The first-order valence-corrected chi connectivity index (χ1v) is 9.80. The molecule has 1 aliphatic heterocycles. The molecule has 9 heteroatoms. The van der Waals surface area contributed by atoms with Crippen molar-refractivity contribution in [2.24, 2.45) is 0 Å². The minimum Gasteiger partial charge on any atom is -0.507 e. The van der Waals surface area contributed by atoms with Gasteiger partial charge in [-0.15, -0.1) is 0 Å². The molecule has 1 aliphatic rings. The largest absolute Gasteiger partial charge is 0.507 e. The molecule has 1 aromatic heterocycles. The van der Waals surface area contributed by atoms with E-state index in [0.717, 1.165) is 11.0 Å². The van der Waals surface area contributed by atoms with Crippen molar-refractivity contribution in [3.8, 4) is 0 Å². The smallest absolute Gasteiger partial charge is 0.296 e. The van der Waals surface area contributed by atoms with E-state index < -0.39 is 41.3 Å². The summed E-state index contributed by atoms with van der Waals surface area (Å²) >= 11 is 0. The summed E-state index contributed by atoms with van der Waals surface area (Å²) in [5.41, 5.74) is 1.72. The van der Waals surface area contributed by atoms with Crippen molar-refractivity contribution in [1.82, 2.24) is 15.4 Å². The second-order valence-corrected chi connectivity index (χ2v) is 7.13. The fourth-order valence-electron chi connectivity index (χ4n) is 3.71. The van der Waals surface area contributed by atoms with Crippen LogP contribution in [0, 0.1) is 5.82 Å². The van der Waals surface area contributed by atoms with Crippen LogP contribution in [0.1, 0.15) is 43.4 Å². The third-order valence-corrected chi connectivity index (χ3v) is 5.18. The van der Waals surface area contributed by atoms with Gasteiger partial charge < -0.3 is 10.0 Å². The van der Waals surface area contributed by atoms with Crippen molar-refractivity contribution in [3.63, 3.8) is 0 Å². The number of amides is 2. The Hall–Kier alpha value is -3.59. The SMILES string of the molecule is CCCCC(C(=O)NO)N1C(=O)C(=O)C(=C(O)c2ccncc2)C1c1cccc(F)c1. The molecule has 8 nitrogen and oxygen atoms in total. The van der Waals surface area contributed by atoms with Crippen molar-refractivity contribution < 1.29 is 29.1 Å². The number of Topliss-reactive ketones (excluding diaryl/α,β-unsaturated/α-hetero) is 1. The number of aliphatic hydroxyl groups is 1. The zero-order valence-electron chi connectivity index (χ0n) is 16.8. The first-order chi connectivity index (χ1) is 14.9. The Kier molecular flexibility index (Phi) is 6.76. The molecule has 0 spiro atoms. The summed E-state index contributed by atoms with van der Waals surface area (Å²) in [5.74, 6) is -3.97. The third-order valence-electron chi connectivity index (χ3n) is 5.18. The van der Waals surface area contributed by atoms with Crippen LogP contribution in [-0.2, 0) is 14.4 Å². The Bertz CT molecular complexity index is 1020. The van der Waals surface area contributed by atoms with Gasteiger partial charge in [0.2, 0.25) is 0 Å². The van der Waals surface area contributed by atoms with Crippen LogP contribution < -0.4 is 5.48 Å². The Morgan fingerprint density at radius 1 is 1.26 bits per heavy atom. The predicted octanol–water partition coefficient (Wildman–Crippen LogP) is 2.71. The summed E-state index contributed by atoms with van der Waals surface area (Å²) in [5, 5.41) is 20.1. The van der Waals surface area contributed by atoms with Gasteiger partial charge in [0.1, 0.15) is 17.6 Å². The summed E-state index contributed by atoms with van der Waals surface area (Å²) in [6.07, 6.45) is 4.20. The van der Waals surface area contributed by atoms with Gasteiger partial charge in [-0.2, -0.15) is 0 Å². The number of unbranched alkanes of at least 4 members (excludes halogenated alkanes) is 1. The number of hydrogen-bond donors (Lipinski definition) is 3. The minimum absolute atomic E-state index is 0.164. The average molecular weight is 427 g/mol. The monoisotopic (exact) mass is 427 g/mol. The summed E-state index contributed by atoms with van der Waals surface area (Å²) in [7, 11) is 0. The molecule has 3 rings (SSSR count). The zero-order valence-corrected chi connectivity index (χ0v) is 16.8. The van der Waals surface area contributed by atoms with E-state index in [4.69, 9.17) is 0 Å². The van der Waals surface area contributed by atoms with Crippen molar-refractivity contribution in [1.29, 1.82) is 0 Å². The van der Waals surface area contributed by atoms with E-state index in [1.165, 1.54) is 42.7 Å². The first kappa shape index (κ1) is 22.1. The van der Waals surface area contributed by atoms with Crippen LogP contribution in [0.25, 0.3) is 5.76 Å². The topological polar surface area (TPSA) is 120 Å². The van der Waals surface area contributed by atoms with Crippen LogP contribution in [-0.4, -0.2) is 43.8 Å². The molecule has 2 heterocycles. The number of aliphatic hydroxyl groups excluding tert-OH is 1. The summed E-state index contributed by atoms with van der Waals surface area (Å²) < 4.78 is 14.0. The lowest BCUT2D eigenvalue weighted by molar-refractivity contribution is -0.147. The van der Waals surface area contributed by atoms with Crippen LogP contribution in [0.2, 0.25) is 0 Å². The standard InChI is InChI=1S/C22H22FN3O5/c1-2-3-7-16(21(29)25-31)26-18(14-5-4-6-15(23)12-14)17(20(28)22(26)30)19(27)13-8-10-24-11-9-13/h4-6,8-12,16,18,27,31H,2-3,7H2,1H3,(H,25,29). The molecule has 31 heavy (non-hydrogen) atoms. The molecule has 0 saturated carbocycles. The molecule has 1 saturated heterocycles. The summed E-state index contributed by atoms with van der Waals surface area (Å²) in [6.45, 7) is 1.88. The number of hydrogen-bond acceptors (Lipinski definition) is 6. The molecule has 2 aromatic rings. The lowest BCUT2D eigenvalue weighted by Gasteiger charge is -2.31. The van der Waals surface area contributed by atoms with Gasteiger partial charge in [-0.1, -0.05) is 31.9 Å². The average Bonchev–Trinajstić information content (AvgIpc) is 3.04. The van der Waals surface area contributed by atoms with Gasteiger partial charge in [-0.05, 0) is 36.2 Å². The summed E-state index contributed by atoms with van der Waals surface area (Å²) in [4.78, 5) is 43.3. The molecule has 1 fully saturated rings. The maximum absolute atomic E-state index is 14.0. The van der Waals surface area contributed by atoms with Crippen LogP contribution in [0.15, 0.2) is 54.4 Å². The number of benzene rings is 1. The van der Waals surface area contributed by atoms with Gasteiger partial charge >= 0.3 is 0 Å². The molecular weight excluding hydrogens is 405 g/mol. The van der Waals surface area contributed by atoms with Crippen molar-refractivity contribution >= 4 is 23.4 Å². The van der Waals surface area contributed by atoms with Crippen LogP contribution >= 0.6 is 0 Å². The predicted molar refractivity (Wildman–Crippen MR) is 108 cm³/mol. The fourth-order valence-corrected chi connectivity index (χ4v) is 3.71. The van der Waals surface area contributed by atoms with Gasteiger partial charge in [0.15, 0.2) is 0 Å². The highest BCUT2D eigenvalue weighted by atomic mass is 19.1. The molecule has 2 unspecified atom stereocenters. The fraction of sp³-hybridized carbons (Fsp3) is 0.273. The molecule has 1 aromatic carbocycles. The van der Waals surface area contributed by atoms with Gasteiger partial charge in [-0.3, -0.25) is 24.6 Å². The van der Waals surface area contributed by atoms with Crippen molar-refractivity contribution in [2.75, 3.05) is 0 Å². The number of nitrogens with zero attached hydrogens (tertiary/aromatic N) is 2. The number of aromatic nitrogens is 1. The van der Waals surface area contributed by atoms with E-state index in [9.17, 15) is 29.1 Å². The first-order valence-electron chi connectivity index (χ1n) is 9.80. The number of halogens is 1. The summed E-state index contributed by atoms with van der Waals surface area (Å²) in [6, 6.07) is 5.75. The maximum atomic E-state index is 14.0. The van der Waals surface area contributed by atoms with Gasteiger partial charge in [0, 0.05) is 18.0 Å². The molecule has 162 valence electrons. The van der Waals surface area contributed by atoms with E-state index in [0.29, 0.717) is 12.8 Å².